The van der Waals surface area contributed by atoms with Gasteiger partial charge in [-0.25, -0.2) is 13.2 Å². The number of benzene rings is 4. The van der Waals surface area contributed by atoms with Gasteiger partial charge in [0.15, 0.2) is 5.82 Å². The van der Waals surface area contributed by atoms with Crippen molar-refractivity contribution in [2.24, 2.45) is 5.92 Å². The Hall–Kier alpha value is -3.94. The summed E-state index contributed by atoms with van der Waals surface area (Å²) in [7, 11) is 0. The number of fused-ring (bicyclic) bond motifs is 2. The second-order valence-electron chi connectivity index (χ2n) is 9.43. The Kier molecular flexibility index (Phi) is 6.82. The third kappa shape index (κ3) is 5.49. The first-order valence-corrected chi connectivity index (χ1v) is 12.0. The molecule has 0 radical (unpaired) electrons. The van der Waals surface area contributed by atoms with Gasteiger partial charge in [0.2, 0.25) is 0 Å². The summed E-state index contributed by atoms with van der Waals surface area (Å²) in [6.07, 6.45) is -2.76. The van der Waals surface area contributed by atoms with Crippen LogP contribution in [0.25, 0.3) is 21.5 Å². The molecule has 0 amide bonds. The summed E-state index contributed by atoms with van der Waals surface area (Å²) in [6.45, 7) is 2.93. The first kappa shape index (κ1) is 25.7. The standard InChI is InChI=1S/C31H20F6O/c1-18-2-9-28(38-17-18)23-8-7-21-12-19(5-6-22(21)15-23)3-4-20-13-24-16-26(32)25(10-11-31(35,36)37)30(34)29(24)27(33)14-20/h5-8,12-16,18,28H,2,9,17H2,1H3. The smallest absolute Gasteiger partial charge is 0.373 e. The molecule has 1 fully saturated rings. The van der Waals surface area contributed by atoms with Crippen LogP contribution in [-0.4, -0.2) is 12.8 Å². The van der Waals surface area contributed by atoms with Gasteiger partial charge < -0.3 is 4.74 Å². The average molecular weight is 522 g/mol. The van der Waals surface area contributed by atoms with Crippen molar-refractivity contribution < 1.29 is 31.1 Å². The Balaban J connectivity index is 1.44. The largest absolute Gasteiger partial charge is 0.458 e. The summed E-state index contributed by atoms with van der Waals surface area (Å²) in [5.74, 6) is 4.62. The van der Waals surface area contributed by atoms with Gasteiger partial charge in [0.25, 0.3) is 0 Å². The molecule has 5 rings (SSSR count). The molecule has 0 saturated carbocycles. The summed E-state index contributed by atoms with van der Waals surface area (Å²) in [6, 6.07) is 14.8. The number of hydrogen-bond acceptors (Lipinski definition) is 1. The molecule has 1 heterocycles. The summed E-state index contributed by atoms with van der Waals surface area (Å²) in [5, 5.41) is 1.17. The van der Waals surface area contributed by atoms with Gasteiger partial charge in [-0.15, -0.1) is 0 Å². The number of rotatable bonds is 1. The Morgan fingerprint density at radius 2 is 1.47 bits per heavy atom. The van der Waals surface area contributed by atoms with Crippen LogP contribution in [0.4, 0.5) is 26.3 Å². The highest BCUT2D eigenvalue weighted by atomic mass is 19.4. The Bertz CT molecular complexity index is 1670. The maximum absolute atomic E-state index is 14.7. The van der Waals surface area contributed by atoms with E-state index in [0.29, 0.717) is 11.5 Å². The summed E-state index contributed by atoms with van der Waals surface area (Å²) in [4.78, 5) is 0. The fraction of sp³-hybridized carbons (Fsp3) is 0.226. The first-order valence-electron chi connectivity index (χ1n) is 12.0. The molecule has 0 aromatic heterocycles. The van der Waals surface area contributed by atoms with Crippen molar-refractivity contribution in [2.45, 2.75) is 32.0 Å². The summed E-state index contributed by atoms with van der Waals surface area (Å²) < 4.78 is 86.7. The van der Waals surface area contributed by atoms with Crippen molar-refractivity contribution in [2.75, 3.05) is 6.61 Å². The second kappa shape index (κ2) is 10.1. The van der Waals surface area contributed by atoms with Gasteiger partial charge in [-0.05, 0) is 76.9 Å². The van der Waals surface area contributed by atoms with Crippen LogP contribution in [0.2, 0.25) is 0 Å². The summed E-state index contributed by atoms with van der Waals surface area (Å²) >= 11 is 0. The van der Waals surface area contributed by atoms with Crippen LogP contribution in [-0.2, 0) is 4.74 Å². The lowest BCUT2D eigenvalue weighted by molar-refractivity contribution is -0.0696. The van der Waals surface area contributed by atoms with Gasteiger partial charge >= 0.3 is 6.18 Å². The van der Waals surface area contributed by atoms with E-state index in [2.05, 4.69) is 24.8 Å². The average Bonchev–Trinajstić information content (AvgIpc) is 2.86. The van der Waals surface area contributed by atoms with Crippen LogP contribution in [0.15, 0.2) is 54.6 Å². The molecule has 7 heteroatoms. The van der Waals surface area contributed by atoms with E-state index in [9.17, 15) is 26.3 Å². The molecule has 0 N–H and O–H groups in total. The molecule has 1 saturated heterocycles. The Morgan fingerprint density at radius 3 is 2.21 bits per heavy atom. The van der Waals surface area contributed by atoms with Gasteiger partial charge in [-0.2, -0.15) is 13.2 Å². The molecule has 38 heavy (non-hydrogen) atoms. The molecule has 1 aliphatic rings. The van der Waals surface area contributed by atoms with E-state index in [-0.39, 0.29) is 17.1 Å². The van der Waals surface area contributed by atoms with E-state index < -0.39 is 34.6 Å². The molecule has 2 atom stereocenters. The Morgan fingerprint density at radius 1 is 0.763 bits per heavy atom. The molecule has 1 aliphatic heterocycles. The van der Waals surface area contributed by atoms with Gasteiger partial charge in [0.1, 0.15) is 11.6 Å². The minimum absolute atomic E-state index is 0.0836. The fourth-order valence-corrected chi connectivity index (χ4v) is 4.56. The number of ether oxygens (including phenoxy) is 1. The lowest BCUT2D eigenvalue weighted by atomic mass is 9.94. The monoisotopic (exact) mass is 522 g/mol. The zero-order chi connectivity index (χ0) is 27.0. The molecule has 0 aliphatic carbocycles. The van der Waals surface area contributed by atoms with Crippen LogP contribution < -0.4 is 0 Å². The quantitative estimate of drug-likeness (QED) is 0.181. The van der Waals surface area contributed by atoms with Crippen LogP contribution >= 0.6 is 0 Å². The van der Waals surface area contributed by atoms with Crippen molar-refractivity contribution >= 4 is 21.5 Å². The first-order chi connectivity index (χ1) is 18.1. The van der Waals surface area contributed by atoms with Crippen molar-refractivity contribution in [3.63, 3.8) is 0 Å². The van der Waals surface area contributed by atoms with Crippen molar-refractivity contribution in [3.05, 3.63) is 94.3 Å². The maximum atomic E-state index is 14.7. The van der Waals surface area contributed by atoms with Crippen LogP contribution in [0.3, 0.4) is 0 Å². The third-order valence-corrected chi connectivity index (χ3v) is 6.50. The van der Waals surface area contributed by atoms with E-state index in [4.69, 9.17) is 4.74 Å². The van der Waals surface area contributed by atoms with Gasteiger partial charge in [0.05, 0.1) is 17.1 Å². The predicted molar refractivity (Wildman–Crippen MR) is 134 cm³/mol. The van der Waals surface area contributed by atoms with E-state index in [1.807, 2.05) is 30.3 Å². The number of alkyl halides is 3. The van der Waals surface area contributed by atoms with Crippen molar-refractivity contribution in [1.82, 2.24) is 0 Å². The maximum Gasteiger partial charge on any atom is 0.458 e. The SMILES string of the molecule is CC1CCC(c2ccc3cc(C#Cc4cc(F)c5c(F)c(C#CC(F)(F)F)c(F)cc5c4)ccc3c2)OC1. The third-order valence-electron chi connectivity index (χ3n) is 6.50. The van der Waals surface area contributed by atoms with Gasteiger partial charge in [0, 0.05) is 23.7 Å². The predicted octanol–water partition coefficient (Wildman–Crippen LogP) is 8.21. The van der Waals surface area contributed by atoms with E-state index in [1.165, 1.54) is 12.0 Å². The number of hydrogen-bond donors (Lipinski definition) is 0. The van der Waals surface area contributed by atoms with E-state index in [1.54, 1.807) is 0 Å². The van der Waals surface area contributed by atoms with Crippen LogP contribution in [0, 0.1) is 47.1 Å². The second-order valence-corrected chi connectivity index (χ2v) is 9.43. The minimum Gasteiger partial charge on any atom is -0.373 e. The molecule has 0 spiro atoms. The number of halogens is 6. The molecule has 4 aromatic rings. The molecule has 1 nitrogen and oxygen atoms in total. The van der Waals surface area contributed by atoms with Crippen molar-refractivity contribution in [1.29, 1.82) is 0 Å². The highest BCUT2D eigenvalue weighted by molar-refractivity contribution is 5.87. The van der Waals surface area contributed by atoms with Crippen LogP contribution in [0.5, 0.6) is 0 Å². The highest BCUT2D eigenvalue weighted by Gasteiger charge is 2.24. The van der Waals surface area contributed by atoms with E-state index >= 15 is 0 Å². The lowest BCUT2D eigenvalue weighted by Crippen LogP contribution is -2.18. The molecular formula is C31H20F6O. The lowest BCUT2D eigenvalue weighted by Gasteiger charge is -2.27. The molecule has 4 aromatic carbocycles. The summed E-state index contributed by atoms with van der Waals surface area (Å²) in [5.41, 5.74) is 0.795. The zero-order valence-electron chi connectivity index (χ0n) is 20.1. The Labute approximate surface area is 215 Å². The molecular weight excluding hydrogens is 502 g/mol. The minimum atomic E-state index is -4.94. The fourth-order valence-electron chi connectivity index (χ4n) is 4.56. The normalized spacial score (nSPS) is 17.6. The van der Waals surface area contributed by atoms with Gasteiger partial charge in [-0.1, -0.05) is 42.9 Å². The van der Waals surface area contributed by atoms with Gasteiger partial charge in [-0.3, -0.25) is 0 Å². The topological polar surface area (TPSA) is 9.23 Å². The van der Waals surface area contributed by atoms with Crippen molar-refractivity contribution in [3.8, 4) is 23.7 Å². The highest BCUT2D eigenvalue weighted by Crippen LogP contribution is 2.32. The zero-order valence-corrected chi connectivity index (χ0v) is 20.1. The molecule has 0 bridgehead atoms. The van der Waals surface area contributed by atoms with E-state index in [0.717, 1.165) is 53.8 Å². The molecule has 192 valence electrons. The molecule has 2 unspecified atom stereocenters. The van der Waals surface area contributed by atoms with Crippen LogP contribution in [0.1, 0.15) is 48.1 Å².